The van der Waals surface area contributed by atoms with Crippen LogP contribution in [0.1, 0.15) is 11.6 Å². The molecule has 0 radical (unpaired) electrons. The van der Waals surface area contributed by atoms with E-state index < -0.39 is 12.0 Å². The summed E-state index contributed by atoms with van der Waals surface area (Å²) >= 11 is 0. The van der Waals surface area contributed by atoms with Crippen LogP contribution >= 0.6 is 0 Å². The van der Waals surface area contributed by atoms with E-state index in [1.807, 2.05) is 4.90 Å². The molecule has 0 bridgehead atoms. The van der Waals surface area contributed by atoms with Crippen molar-refractivity contribution in [2.75, 3.05) is 33.2 Å². The second kappa shape index (κ2) is 4.85. The van der Waals surface area contributed by atoms with Crippen molar-refractivity contribution in [3.8, 4) is 0 Å². The first-order chi connectivity index (χ1) is 8.08. The molecule has 1 aromatic heterocycles. The van der Waals surface area contributed by atoms with Crippen LogP contribution in [0.2, 0.25) is 0 Å². The Hall–Kier alpha value is -1.40. The Morgan fingerprint density at radius 1 is 1.35 bits per heavy atom. The molecule has 1 N–H and O–H groups in total. The van der Waals surface area contributed by atoms with Gasteiger partial charge in [-0.3, -0.25) is 14.4 Å². The molecule has 0 aliphatic carbocycles. The molecule has 1 unspecified atom stereocenters. The molecule has 94 valence electrons. The predicted molar refractivity (Wildman–Crippen MR) is 62.7 cm³/mol. The molecular formula is C11H18N4O2. The van der Waals surface area contributed by atoms with E-state index in [4.69, 9.17) is 0 Å². The van der Waals surface area contributed by atoms with Crippen LogP contribution in [-0.4, -0.2) is 63.9 Å². The monoisotopic (exact) mass is 238 g/mol. The largest absolute Gasteiger partial charge is 0.480 e. The molecule has 2 rings (SSSR count). The highest BCUT2D eigenvalue weighted by molar-refractivity contribution is 5.75. The lowest BCUT2D eigenvalue weighted by Crippen LogP contribution is -2.47. The van der Waals surface area contributed by atoms with Crippen LogP contribution in [0.5, 0.6) is 0 Å². The maximum atomic E-state index is 11.4. The van der Waals surface area contributed by atoms with Crippen molar-refractivity contribution in [3.05, 3.63) is 18.0 Å². The first-order valence-electron chi connectivity index (χ1n) is 5.72. The number of aryl methyl sites for hydroxylation is 1. The first kappa shape index (κ1) is 12.1. The lowest BCUT2D eigenvalue weighted by atomic mass is 10.1. The zero-order valence-electron chi connectivity index (χ0n) is 10.2. The Morgan fingerprint density at radius 2 is 2.00 bits per heavy atom. The summed E-state index contributed by atoms with van der Waals surface area (Å²) in [5.41, 5.74) is 0.754. The van der Waals surface area contributed by atoms with Gasteiger partial charge in [0.2, 0.25) is 0 Å². The lowest BCUT2D eigenvalue weighted by molar-refractivity contribution is -0.144. The van der Waals surface area contributed by atoms with Gasteiger partial charge in [-0.1, -0.05) is 0 Å². The average molecular weight is 238 g/mol. The highest BCUT2D eigenvalue weighted by atomic mass is 16.4. The molecule has 1 aliphatic heterocycles. The van der Waals surface area contributed by atoms with E-state index in [1.54, 1.807) is 24.1 Å². The minimum absolute atomic E-state index is 0.572. The smallest absolute Gasteiger partial charge is 0.325 e. The van der Waals surface area contributed by atoms with Gasteiger partial charge in [0.1, 0.15) is 6.04 Å². The number of carboxylic acids is 1. The van der Waals surface area contributed by atoms with Gasteiger partial charge in [0, 0.05) is 45.0 Å². The molecule has 1 aromatic rings. The van der Waals surface area contributed by atoms with Gasteiger partial charge in [0.05, 0.1) is 6.20 Å². The molecular weight excluding hydrogens is 220 g/mol. The zero-order valence-corrected chi connectivity index (χ0v) is 10.2. The van der Waals surface area contributed by atoms with Gasteiger partial charge in [-0.05, 0) is 7.05 Å². The molecule has 0 saturated carbocycles. The van der Waals surface area contributed by atoms with Crippen molar-refractivity contribution in [2.24, 2.45) is 7.05 Å². The molecule has 2 heterocycles. The third-order valence-corrected chi connectivity index (χ3v) is 3.18. The van der Waals surface area contributed by atoms with E-state index in [1.165, 1.54) is 0 Å². The summed E-state index contributed by atoms with van der Waals surface area (Å²) in [4.78, 5) is 15.6. The number of piperazine rings is 1. The fourth-order valence-corrected chi connectivity index (χ4v) is 2.17. The standard InChI is InChI=1S/C11H18N4O2/c1-13-3-5-15(6-4-13)10(11(16)17)9-7-12-14(2)8-9/h7-8,10H,3-6H2,1-2H3,(H,16,17). The number of carboxylic acid groups (broad SMARTS) is 1. The second-order valence-corrected chi connectivity index (χ2v) is 4.53. The van der Waals surface area contributed by atoms with E-state index in [9.17, 15) is 9.90 Å². The highest BCUT2D eigenvalue weighted by Crippen LogP contribution is 2.21. The van der Waals surface area contributed by atoms with Crippen LogP contribution in [0, 0.1) is 0 Å². The molecule has 1 saturated heterocycles. The van der Waals surface area contributed by atoms with Crippen LogP contribution in [0.3, 0.4) is 0 Å². The molecule has 6 nitrogen and oxygen atoms in total. The van der Waals surface area contributed by atoms with Crippen LogP contribution in [0.4, 0.5) is 0 Å². The van der Waals surface area contributed by atoms with Crippen molar-refractivity contribution >= 4 is 5.97 Å². The quantitative estimate of drug-likeness (QED) is 0.789. The Morgan fingerprint density at radius 3 is 2.47 bits per heavy atom. The summed E-state index contributed by atoms with van der Waals surface area (Å²) in [6.07, 6.45) is 3.41. The topological polar surface area (TPSA) is 61.6 Å². The number of aliphatic carboxylic acids is 1. The normalized spacial score (nSPS) is 20.4. The third kappa shape index (κ3) is 2.65. The van der Waals surface area contributed by atoms with Crippen LogP contribution < -0.4 is 0 Å². The Bertz CT molecular complexity index is 396. The minimum Gasteiger partial charge on any atom is -0.480 e. The molecule has 1 fully saturated rings. The van der Waals surface area contributed by atoms with Gasteiger partial charge >= 0.3 is 5.97 Å². The zero-order chi connectivity index (χ0) is 12.4. The van der Waals surface area contributed by atoms with E-state index >= 15 is 0 Å². The average Bonchev–Trinajstić information content (AvgIpc) is 2.68. The number of likely N-dealkylation sites (N-methyl/N-ethyl adjacent to an activating group) is 1. The second-order valence-electron chi connectivity index (χ2n) is 4.53. The van der Waals surface area contributed by atoms with Gasteiger partial charge in [-0.15, -0.1) is 0 Å². The maximum Gasteiger partial charge on any atom is 0.325 e. The first-order valence-corrected chi connectivity index (χ1v) is 5.72. The molecule has 6 heteroatoms. The van der Waals surface area contributed by atoms with Crippen molar-refractivity contribution < 1.29 is 9.90 Å². The van der Waals surface area contributed by atoms with Crippen LogP contribution in [0.25, 0.3) is 0 Å². The van der Waals surface area contributed by atoms with Crippen LogP contribution in [0.15, 0.2) is 12.4 Å². The molecule has 17 heavy (non-hydrogen) atoms. The van der Waals surface area contributed by atoms with Gasteiger partial charge < -0.3 is 10.0 Å². The van der Waals surface area contributed by atoms with Crippen LogP contribution in [-0.2, 0) is 11.8 Å². The lowest BCUT2D eigenvalue weighted by Gasteiger charge is -2.35. The highest BCUT2D eigenvalue weighted by Gasteiger charge is 2.30. The van der Waals surface area contributed by atoms with E-state index in [-0.39, 0.29) is 0 Å². The van der Waals surface area contributed by atoms with Crippen molar-refractivity contribution in [2.45, 2.75) is 6.04 Å². The summed E-state index contributed by atoms with van der Waals surface area (Å²) in [6.45, 7) is 3.37. The summed E-state index contributed by atoms with van der Waals surface area (Å²) in [6, 6.07) is -0.572. The SMILES string of the molecule is CN1CCN(C(C(=O)O)c2cnn(C)c2)CC1. The summed E-state index contributed by atoms with van der Waals surface area (Å²) in [5, 5.41) is 13.4. The summed E-state index contributed by atoms with van der Waals surface area (Å²) in [5.74, 6) is -0.803. The van der Waals surface area contributed by atoms with Crippen molar-refractivity contribution in [1.29, 1.82) is 0 Å². The molecule has 0 aromatic carbocycles. The fourth-order valence-electron chi connectivity index (χ4n) is 2.17. The molecule has 1 aliphatic rings. The van der Waals surface area contributed by atoms with Gasteiger partial charge in [-0.2, -0.15) is 5.10 Å². The van der Waals surface area contributed by atoms with E-state index in [2.05, 4.69) is 17.0 Å². The molecule has 1 atom stereocenters. The fraction of sp³-hybridized carbons (Fsp3) is 0.636. The maximum absolute atomic E-state index is 11.4. The number of carbonyl (C=O) groups is 1. The number of nitrogens with zero attached hydrogens (tertiary/aromatic N) is 4. The van der Waals surface area contributed by atoms with Gasteiger partial charge in [0.25, 0.3) is 0 Å². The predicted octanol–water partition coefficient (Wildman–Crippen LogP) is -0.207. The summed E-state index contributed by atoms with van der Waals surface area (Å²) < 4.78 is 1.64. The summed E-state index contributed by atoms with van der Waals surface area (Å²) in [7, 11) is 3.85. The Kier molecular flexibility index (Phi) is 3.44. The number of aromatic nitrogens is 2. The molecule has 0 amide bonds. The van der Waals surface area contributed by atoms with E-state index in [0.29, 0.717) is 0 Å². The van der Waals surface area contributed by atoms with Crippen molar-refractivity contribution in [3.63, 3.8) is 0 Å². The Labute approximate surface area is 100 Å². The number of hydrogen-bond acceptors (Lipinski definition) is 4. The third-order valence-electron chi connectivity index (χ3n) is 3.18. The molecule has 0 spiro atoms. The number of hydrogen-bond donors (Lipinski definition) is 1. The minimum atomic E-state index is -0.803. The number of rotatable bonds is 3. The van der Waals surface area contributed by atoms with Crippen molar-refractivity contribution in [1.82, 2.24) is 19.6 Å². The van der Waals surface area contributed by atoms with Gasteiger partial charge in [0.15, 0.2) is 0 Å². The van der Waals surface area contributed by atoms with Gasteiger partial charge in [-0.25, -0.2) is 0 Å². The van der Waals surface area contributed by atoms with E-state index in [0.717, 1.165) is 31.7 Å². The Balaban J connectivity index is 2.15.